The number of amides is 1. The number of piperidine rings is 1. The van der Waals surface area contributed by atoms with E-state index in [1.165, 1.54) is 0 Å². The van der Waals surface area contributed by atoms with E-state index in [0.29, 0.717) is 49.1 Å². The Morgan fingerprint density at radius 1 is 1.10 bits per heavy atom. The minimum Gasteiger partial charge on any atom is -0.394 e. The Morgan fingerprint density at radius 2 is 1.90 bits per heavy atom. The molecule has 2 atom stereocenters. The summed E-state index contributed by atoms with van der Waals surface area (Å²) in [5.74, 6) is 0.0761. The quantitative estimate of drug-likeness (QED) is 0.689. The zero-order valence-corrected chi connectivity index (χ0v) is 18.8. The van der Waals surface area contributed by atoms with Gasteiger partial charge in [0.2, 0.25) is 5.91 Å². The Balaban J connectivity index is 1.33. The Bertz CT molecular complexity index is 774. The smallest absolute Gasteiger partial charge is 0.224 e. The molecule has 0 aromatic heterocycles. The summed E-state index contributed by atoms with van der Waals surface area (Å²) >= 11 is 12.2. The molecule has 2 heterocycles. The molecule has 30 heavy (non-hydrogen) atoms. The van der Waals surface area contributed by atoms with Crippen LogP contribution in [-0.2, 0) is 4.79 Å². The highest BCUT2D eigenvalue weighted by Crippen LogP contribution is 2.53. The van der Waals surface area contributed by atoms with Gasteiger partial charge in [-0.1, -0.05) is 23.2 Å². The number of likely N-dealkylation sites (tertiary alicyclic amines) is 1. The van der Waals surface area contributed by atoms with E-state index in [0.717, 1.165) is 38.0 Å². The van der Waals surface area contributed by atoms with Crippen LogP contribution < -0.4 is 4.90 Å². The van der Waals surface area contributed by atoms with Crippen LogP contribution in [0.1, 0.15) is 32.1 Å². The molecule has 8 heteroatoms. The molecular formula is C22H31Cl2N3O3. The highest BCUT2D eigenvalue weighted by Gasteiger charge is 2.51. The third-order valence-corrected chi connectivity index (χ3v) is 7.92. The molecule has 1 aromatic carbocycles. The van der Waals surface area contributed by atoms with Crippen LogP contribution in [0.5, 0.6) is 0 Å². The first kappa shape index (κ1) is 22.2. The van der Waals surface area contributed by atoms with Crippen LogP contribution in [0.15, 0.2) is 18.2 Å². The Hall–Kier alpha value is -1.05. The lowest BCUT2D eigenvalue weighted by molar-refractivity contribution is -0.133. The predicted octanol–water partition coefficient (Wildman–Crippen LogP) is 2.63. The maximum atomic E-state index is 12.8. The summed E-state index contributed by atoms with van der Waals surface area (Å²) in [7, 11) is 0. The summed E-state index contributed by atoms with van der Waals surface area (Å²) < 4.78 is 0. The molecule has 1 aliphatic carbocycles. The topological polar surface area (TPSA) is 67.2 Å². The summed E-state index contributed by atoms with van der Waals surface area (Å²) in [4.78, 5) is 19.1. The number of aliphatic hydroxyl groups is 2. The van der Waals surface area contributed by atoms with Gasteiger partial charge < -0.3 is 24.9 Å². The average molecular weight is 456 g/mol. The molecule has 2 N–H and O–H groups in total. The van der Waals surface area contributed by atoms with Gasteiger partial charge in [-0.05, 0) is 55.8 Å². The molecule has 4 rings (SSSR count). The first-order valence-corrected chi connectivity index (χ1v) is 11.7. The van der Waals surface area contributed by atoms with Gasteiger partial charge >= 0.3 is 0 Å². The summed E-state index contributed by atoms with van der Waals surface area (Å²) in [5.41, 5.74) is 1.15. The largest absolute Gasteiger partial charge is 0.394 e. The molecule has 1 saturated carbocycles. The van der Waals surface area contributed by atoms with Crippen molar-refractivity contribution in [3.05, 3.63) is 28.2 Å². The lowest BCUT2D eigenvalue weighted by Gasteiger charge is -2.38. The van der Waals surface area contributed by atoms with Crippen molar-refractivity contribution in [1.82, 2.24) is 9.80 Å². The predicted molar refractivity (Wildman–Crippen MR) is 119 cm³/mol. The number of hydrogen-bond donors (Lipinski definition) is 2. The maximum absolute atomic E-state index is 12.8. The second kappa shape index (κ2) is 9.21. The molecule has 6 nitrogen and oxygen atoms in total. The van der Waals surface area contributed by atoms with Crippen LogP contribution in [-0.4, -0.2) is 83.9 Å². The first-order chi connectivity index (χ1) is 14.4. The van der Waals surface area contributed by atoms with E-state index < -0.39 is 0 Å². The molecule has 0 bridgehead atoms. The van der Waals surface area contributed by atoms with Crippen molar-refractivity contribution in [1.29, 1.82) is 0 Å². The average Bonchev–Trinajstić information content (AvgIpc) is 3.53. The second-order valence-electron chi connectivity index (χ2n) is 8.98. The fourth-order valence-electron chi connectivity index (χ4n) is 4.87. The fraction of sp³-hybridized carbons (Fsp3) is 0.682. The van der Waals surface area contributed by atoms with Gasteiger partial charge in [0.15, 0.2) is 0 Å². The van der Waals surface area contributed by atoms with Crippen molar-refractivity contribution in [2.75, 3.05) is 50.8 Å². The second-order valence-corrected chi connectivity index (χ2v) is 9.79. The van der Waals surface area contributed by atoms with Crippen molar-refractivity contribution in [3.63, 3.8) is 0 Å². The van der Waals surface area contributed by atoms with Crippen LogP contribution in [0.3, 0.4) is 0 Å². The van der Waals surface area contributed by atoms with E-state index in [1.807, 2.05) is 17.0 Å². The normalized spacial score (nSPS) is 25.5. The van der Waals surface area contributed by atoms with Gasteiger partial charge in [0.1, 0.15) is 0 Å². The highest BCUT2D eigenvalue weighted by molar-refractivity contribution is 6.42. The minimum absolute atomic E-state index is 0.0428. The zero-order valence-electron chi connectivity index (χ0n) is 17.3. The monoisotopic (exact) mass is 455 g/mol. The Labute approximate surface area is 188 Å². The first-order valence-electron chi connectivity index (χ1n) is 10.9. The van der Waals surface area contributed by atoms with Gasteiger partial charge in [-0.2, -0.15) is 0 Å². The number of benzene rings is 1. The van der Waals surface area contributed by atoms with Crippen molar-refractivity contribution in [3.8, 4) is 0 Å². The van der Waals surface area contributed by atoms with E-state index in [1.54, 1.807) is 6.07 Å². The van der Waals surface area contributed by atoms with Gasteiger partial charge in [-0.3, -0.25) is 4.79 Å². The number of hydrogen-bond acceptors (Lipinski definition) is 5. The van der Waals surface area contributed by atoms with E-state index in [-0.39, 0.29) is 30.1 Å². The van der Waals surface area contributed by atoms with E-state index >= 15 is 0 Å². The molecule has 3 aliphatic rings. The van der Waals surface area contributed by atoms with Crippen LogP contribution in [0, 0.1) is 5.41 Å². The summed E-state index contributed by atoms with van der Waals surface area (Å²) in [5, 5.41) is 21.4. The molecule has 1 spiro atoms. The number of carbonyl (C=O) groups excluding carboxylic acids is 1. The van der Waals surface area contributed by atoms with Crippen LogP contribution in [0.25, 0.3) is 0 Å². The molecule has 0 unspecified atom stereocenters. The number of rotatable bonds is 6. The van der Waals surface area contributed by atoms with Crippen molar-refractivity contribution < 1.29 is 15.0 Å². The van der Waals surface area contributed by atoms with Gasteiger partial charge in [-0.25, -0.2) is 0 Å². The number of anilines is 1. The molecule has 1 amide bonds. The molecule has 166 valence electrons. The van der Waals surface area contributed by atoms with Crippen LogP contribution in [0.2, 0.25) is 10.0 Å². The molecule has 3 fully saturated rings. The summed E-state index contributed by atoms with van der Waals surface area (Å²) in [6.07, 6.45) is 4.24. The fourth-order valence-corrected chi connectivity index (χ4v) is 5.16. The molecule has 2 saturated heterocycles. The number of aliphatic hydroxyl groups excluding tert-OH is 2. The molecular weight excluding hydrogens is 425 g/mol. The Kier molecular flexibility index (Phi) is 6.80. The highest BCUT2D eigenvalue weighted by atomic mass is 35.5. The summed E-state index contributed by atoms with van der Waals surface area (Å²) in [6, 6.07) is 5.34. The number of halogens is 2. The number of β-amino-alcohol motifs (C(OH)–C–C–N with tert-alkyl or cyclic N) is 1. The van der Waals surface area contributed by atoms with Crippen molar-refractivity contribution in [2.45, 2.75) is 44.2 Å². The SMILES string of the molecule is O=C1CCN(c2ccc(Cl)c(Cl)c2)CCN1[C@H](CO)CCN1CCC2(CC2)[C@H](O)C1. The van der Waals surface area contributed by atoms with Crippen LogP contribution in [0.4, 0.5) is 5.69 Å². The van der Waals surface area contributed by atoms with Gasteiger partial charge in [0.05, 0.1) is 28.8 Å². The van der Waals surface area contributed by atoms with Gasteiger partial charge in [0, 0.05) is 44.8 Å². The molecule has 0 radical (unpaired) electrons. The Morgan fingerprint density at radius 3 is 2.57 bits per heavy atom. The third-order valence-electron chi connectivity index (χ3n) is 7.18. The third kappa shape index (κ3) is 4.73. The minimum atomic E-state index is -0.238. The van der Waals surface area contributed by atoms with Crippen molar-refractivity contribution >= 4 is 34.8 Å². The van der Waals surface area contributed by atoms with E-state index in [9.17, 15) is 15.0 Å². The van der Waals surface area contributed by atoms with E-state index in [4.69, 9.17) is 23.2 Å². The van der Waals surface area contributed by atoms with Crippen molar-refractivity contribution in [2.24, 2.45) is 5.41 Å². The van der Waals surface area contributed by atoms with E-state index in [2.05, 4.69) is 9.80 Å². The number of nitrogens with zero attached hydrogens (tertiary/aromatic N) is 3. The lowest BCUT2D eigenvalue weighted by atomic mass is 9.90. The zero-order chi connectivity index (χ0) is 21.3. The van der Waals surface area contributed by atoms with Gasteiger partial charge in [-0.15, -0.1) is 0 Å². The standard InChI is InChI=1S/C22H31Cl2N3O3/c23-18-2-1-16(13-19(18)24)26-9-4-21(30)27(12-11-26)17(15-28)3-8-25-10-7-22(5-6-22)20(29)14-25/h1-2,13,17,20,28-29H,3-12,14-15H2/t17-,20+/m0/s1. The summed E-state index contributed by atoms with van der Waals surface area (Å²) in [6.45, 7) is 4.32. The lowest BCUT2D eigenvalue weighted by Crippen LogP contribution is -2.48. The maximum Gasteiger partial charge on any atom is 0.224 e. The van der Waals surface area contributed by atoms with Crippen LogP contribution >= 0.6 is 23.2 Å². The van der Waals surface area contributed by atoms with Gasteiger partial charge in [0.25, 0.3) is 0 Å². The molecule has 1 aromatic rings. The number of carbonyl (C=O) groups is 1. The molecule has 2 aliphatic heterocycles.